The Balaban J connectivity index is 0.00000345. The number of terminal acetylenes is 1. The van der Waals surface area contributed by atoms with Crippen molar-refractivity contribution in [2.45, 2.75) is 27.2 Å². The highest BCUT2D eigenvalue weighted by Gasteiger charge is 2.13. The van der Waals surface area contributed by atoms with Crippen LogP contribution >= 0.6 is 0 Å². The molecule has 0 saturated heterocycles. The van der Waals surface area contributed by atoms with Crippen molar-refractivity contribution < 1.29 is 4.39 Å². The number of likely N-dealkylation sites (N-methyl/N-ethyl adjacent to an activating group) is 2. The maximum absolute atomic E-state index is 14.6. The van der Waals surface area contributed by atoms with Crippen LogP contribution in [0.3, 0.4) is 0 Å². The molecule has 2 aromatic heterocycles. The van der Waals surface area contributed by atoms with E-state index in [1.807, 2.05) is 53.3 Å². The molecule has 7 nitrogen and oxygen atoms in total. The predicted molar refractivity (Wildman–Crippen MR) is 192 cm³/mol. The Hall–Kier alpha value is -4.71. The van der Waals surface area contributed by atoms with Gasteiger partial charge in [-0.3, -0.25) is 9.97 Å². The third kappa shape index (κ3) is 11.1. The van der Waals surface area contributed by atoms with E-state index in [-0.39, 0.29) is 5.82 Å². The largest absolute Gasteiger partial charge is 0.387 e. The van der Waals surface area contributed by atoms with Crippen molar-refractivity contribution in [1.29, 1.82) is 0 Å². The Morgan fingerprint density at radius 2 is 1.84 bits per heavy atom. The average Bonchev–Trinajstić information content (AvgIpc) is 3.02. The van der Waals surface area contributed by atoms with E-state index in [0.29, 0.717) is 6.42 Å². The third-order valence-corrected chi connectivity index (χ3v) is 7.08. The summed E-state index contributed by atoms with van der Waals surface area (Å²) in [6.45, 7) is 17.6. The van der Waals surface area contributed by atoms with Crippen LogP contribution in [-0.2, 0) is 6.42 Å². The molecule has 3 aromatic rings. The highest BCUT2D eigenvalue weighted by atomic mass is 19.1. The zero-order chi connectivity index (χ0) is 33.4. The van der Waals surface area contributed by atoms with E-state index < -0.39 is 0 Å². The first-order chi connectivity index (χ1) is 21.7. The molecule has 0 fully saturated rings. The molecule has 0 atom stereocenters. The molecule has 0 aliphatic carbocycles. The van der Waals surface area contributed by atoms with Crippen molar-refractivity contribution in [1.82, 2.24) is 20.2 Å². The van der Waals surface area contributed by atoms with Crippen molar-refractivity contribution in [2.24, 2.45) is 0 Å². The van der Waals surface area contributed by atoms with Crippen LogP contribution in [0.1, 0.15) is 30.7 Å². The minimum atomic E-state index is -0.294. The quantitative estimate of drug-likeness (QED) is 0.102. The zero-order valence-electron chi connectivity index (χ0n) is 27.6. The smallest absolute Gasteiger partial charge is 0.125 e. The lowest BCUT2D eigenvalue weighted by Gasteiger charge is -2.17. The minimum Gasteiger partial charge on any atom is -0.387 e. The van der Waals surface area contributed by atoms with Gasteiger partial charge in [0.15, 0.2) is 0 Å². The number of nitrogens with zero attached hydrogens (tertiary/aromatic N) is 3. The number of hydrogen-bond acceptors (Lipinski definition) is 7. The van der Waals surface area contributed by atoms with Crippen LogP contribution in [0.15, 0.2) is 85.5 Å². The molecule has 0 radical (unpaired) electrons. The molecule has 238 valence electrons. The van der Waals surface area contributed by atoms with E-state index >= 15 is 0 Å². The van der Waals surface area contributed by atoms with Gasteiger partial charge in [0, 0.05) is 56.2 Å². The highest BCUT2D eigenvalue weighted by molar-refractivity contribution is 5.76. The third-order valence-electron chi connectivity index (χ3n) is 7.08. The van der Waals surface area contributed by atoms with Gasteiger partial charge in [-0.2, -0.15) is 0 Å². The van der Waals surface area contributed by atoms with Crippen LogP contribution < -0.4 is 21.3 Å². The molecule has 0 saturated carbocycles. The van der Waals surface area contributed by atoms with Crippen molar-refractivity contribution in [3.63, 3.8) is 0 Å². The van der Waals surface area contributed by atoms with Gasteiger partial charge in [-0.25, -0.2) is 4.39 Å². The molecule has 0 bridgehead atoms. The van der Waals surface area contributed by atoms with Crippen molar-refractivity contribution in [3.8, 4) is 24.0 Å². The molecular weight excluding hydrogens is 561 g/mol. The first-order valence-corrected chi connectivity index (χ1v) is 15.0. The number of halogens is 1. The van der Waals surface area contributed by atoms with E-state index in [0.717, 1.165) is 88.0 Å². The van der Waals surface area contributed by atoms with Gasteiger partial charge in [0.25, 0.3) is 0 Å². The summed E-state index contributed by atoms with van der Waals surface area (Å²) in [4.78, 5) is 11.3. The van der Waals surface area contributed by atoms with Crippen LogP contribution in [0.4, 0.5) is 21.5 Å². The summed E-state index contributed by atoms with van der Waals surface area (Å²) in [5, 5.41) is 13.4. The zero-order valence-corrected chi connectivity index (χ0v) is 27.6. The van der Waals surface area contributed by atoms with Crippen LogP contribution in [0, 0.1) is 25.6 Å². The van der Waals surface area contributed by atoms with Crippen LogP contribution in [0.2, 0.25) is 0 Å². The lowest BCUT2D eigenvalue weighted by atomic mass is 10.0. The number of anilines is 3. The van der Waals surface area contributed by atoms with Gasteiger partial charge in [-0.1, -0.05) is 32.2 Å². The first kappa shape index (κ1) is 36.5. The Labute approximate surface area is 269 Å². The first-order valence-electron chi connectivity index (χ1n) is 15.0. The molecule has 0 aliphatic heterocycles. The van der Waals surface area contributed by atoms with Gasteiger partial charge in [0.05, 0.1) is 29.5 Å². The highest BCUT2D eigenvalue weighted by Crippen LogP contribution is 2.31. The summed E-state index contributed by atoms with van der Waals surface area (Å²) >= 11 is 0. The van der Waals surface area contributed by atoms with Crippen LogP contribution in [-0.4, -0.2) is 62.2 Å². The van der Waals surface area contributed by atoms with E-state index in [1.54, 1.807) is 18.5 Å². The lowest BCUT2D eigenvalue weighted by Crippen LogP contribution is -2.20. The second-order valence-electron chi connectivity index (χ2n) is 10.6. The normalized spacial score (nSPS) is 11.4. The summed E-state index contributed by atoms with van der Waals surface area (Å²) in [6, 6.07) is 7.12. The number of allylic oxidation sites excluding steroid dienone is 4. The summed E-state index contributed by atoms with van der Waals surface area (Å²) in [5.74, 6) is -0.294. The van der Waals surface area contributed by atoms with Gasteiger partial charge < -0.3 is 26.2 Å². The fourth-order valence-electron chi connectivity index (χ4n) is 4.66. The maximum atomic E-state index is 14.6. The Morgan fingerprint density at radius 1 is 1.09 bits per heavy atom. The molecule has 0 amide bonds. The number of hydrogen-bond donors (Lipinski definition) is 4. The van der Waals surface area contributed by atoms with Crippen LogP contribution in [0.5, 0.6) is 0 Å². The fraction of sp³-hybridized carbons (Fsp3) is 0.297. The van der Waals surface area contributed by atoms with Crippen molar-refractivity contribution in [3.05, 3.63) is 108 Å². The second kappa shape index (κ2) is 18.8. The molecular formula is C37H48FN7. The number of nitrogens with one attached hydrogen (secondary N) is 4. The number of pyridine rings is 2. The number of aromatic nitrogens is 2. The summed E-state index contributed by atoms with van der Waals surface area (Å²) in [5.41, 5.74) is 9.94. The summed E-state index contributed by atoms with van der Waals surface area (Å²) in [6.07, 6.45) is 20.0. The number of rotatable bonds is 16. The van der Waals surface area contributed by atoms with Crippen LogP contribution in [0.25, 0.3) is 16.7 Å². The molecule has 4 N–H and O–H groups in total. The molecule has 45 heavy (non-hydrogen) atoms. The molecule has 0 spiro atoms. The van der Waals surface area contributed by atoms with Gasteiger partial charge in [-0.05, 0) is 92.7 Å². The van der Waals surface area contributed by atoms with Gasteiger partial charge in [0.1, 0.15) is 5.82 Å². The predicted octanol–water partition coefficient (Wildman–Crippen LogP) is 7.15. The molecule has 0 unspecified atom stereocenters. The molecule has 2 heterocycles. The summed E-state index contributed by atoms with van der Waals surface area (Å²) < 4.78 is 14.6. The molecule has 3 rings (SSSR count). The molecule has 8 heteroatoms. The average molecular weight is 610 g/mol. The van der Waals surface area contributed by atoms with E-state index in [9.17, 15) is 4.39 Å². The Kier molecular flexibility index (Phi) is 15.3. The standard InChI is InChI=1S/C35H46FN7.C2H2/c1-9-26(20-38-11-3)15-27(10-2)33-18-29(35(37-6)23-41-33)14-24(4)42-34-22-39-21-32(25(34)5)28-16-30(36)19-31(17-28)40-12-13-43(7)8;1-2/h9-10,15-19,21-23,37-38,40,42H,1,4,11-14,20H2,2-3,5-8H3;1-2H/b26-15+,27-10+;. The van der Waals surface area contributed by atoms with E-state index in [4.69, 9.17) is 4.98 Å². The van der Waals surface area contributed by atoms with E-state index in [2.05, 4.69) is 82.3 Å². The van der Waals surface area contributed by atoms with Crippen molar-refractivity contribution in [2.75, 3.05) is 63.3 Å². The van der Waals surface area contributed by atoms with Crippen molar-refractivity contribution >= 4 is 22.6 Å². The van der Waals surface area contributed by atoms with E-state index in [1.165, 1.54) is 6.07 Å². The number of benzene rings is 1. The minimum absolute atomic E-state index is 0.294. The summed E-state index contributed by atoms with van der Waals surface area (Å²) in [7, 11) is 5.91. The Bertz CT molecular complexity index is 1520. The monoisotopic (exact) mass is 609 g/mol. The SMILES string of the molecule is C#C.C=C/C(=C\C(=C/C)c1cc(CC(=C)Nc2cncc(-c3cc(F)cc(NCCN(C)C)c3)c2C)c(NC)cn1)CNCC. The Morgan fingerprint density at radius 3 is 2.49 bits per heavy atom. The lowest BCUT2D eigenvalue weighted by molar-refractivity contribution is 0.425. The topological polar surface area (TPSA) is 77.1 Å². The molecule has 0 aliphatic rings. The van der Waals surface area contributed by atoms with Gasteiger partial charge in [-0.15, -0.1) is 12.8 Å². The van der Waals surface area contributed by atoms with Gasteiger partial charge >= 0.3 is 0 Å². The fourth-order valence-corrected chi connectivity index (χ4v) is 4.66. The van der Waals surface area contributed by atoms with Gasteiger partial charge in [0.2, 0.25) is 0 Å². The second-order valence-corrected chi connectivity index (χ2v) is 10.6. The maximum Gasteiger partial charge on any atom is 0.125 e. The molecule has 1 aromatic carbocycles.